The van der Waals surface area contributed by atoms with E-state index in [1.807, 2.05) is 43.3 Å². The molecule has 5 rings (SSSR count). The molecule has 1 N–H and O–H groups in total. The van der Waals surface area contributed by atoms with Crippen molar-refractivity contribution in [1.29, 1.82) is 5.26 Å². The summed E-state index contributed by atoms with van der Waals surface area (Å²) in [5.41, 5.74) is 1.84. The maximum Gasteiger partial charge on any atom is 0.152 e. The second-order valence-electron chi connectivity index (χ2n) is 14.8. The summed E-state index contributed by atoms with van der Waals surface area (Å²) in [6.45, 7) is 15.9. The summed E-state index contributed by atoms with van der Waals surface area (Å²) in [5.74, 6) is 0. The molecule has 0 spiro atoms. The predicted octanol–water partition coefficient (Wildman–Crippen LogP) is 7.49. The molecule has 0 amide bonds. The van der Waals surface area contributed by atoms with E-state index in [-0.39, 0.29) is 35.4 Å². The molecule has 0 saturated carbocycles. The molecular weight excluding hydrogens is 595 g/mol. The van der Waals surface area contributed by atoms with Crippen molar-refractivity contribution in [3.63, 3.8) is 0 Å². The fourth-order valence-electron chi connectivity index (χ4n) is 6.66. The molecule has 2 aromatic carbocycles. The smallest absolute Gasteiger partial charge is 0.152 e. The molecule has 7 atom stereocenters. The third kappa shape index (κ3) is 7.61. The van der Waals surface area contributed by atoms with Gasteiger partial charge in [0.05, 0.1) is 60.9 Å². The van der Waals surface area contributed by atoms with Gasteiger partial charge in [-0.2, -0.15) is 5.26 Å². The Balaban J connectivity index is 1.37. The van der Waals surface area contributed by atoms with E-state index in [0.29, 0.717) is 32.7 Å². The van der Waals surface area contributed by atoms with Crippen LogP contribution in [0.15, 0.2) is 77.4 Å². The first-order chi connectivity index (χ1) is 21.7. The zero-order valence-electron chi connectivity index (χ0n) is 28.3. The Bertz CT molecular complexity index is 1480. The highest BCUT2D eigenvalue weighted by atomic mass is 32.1. The molecule has 3 heterocycles. The normalized spacial score (nSPS) is 33.9. The standard InChI is InChI=1S/C38H49N3O4S/c1-26-31(42-22-27-14-10-8-11-15-27)19-32(43-23-28-16-12-9-13-17-28)33(45-26)37(6)21-30(41-38(37,7)24-39)18-29-20-36(5,34(46)40-29)25-44-35(2,3)4/h8-18,26,31-33H,19-23,25H2,1-7H3,(H,40,46)/b29-18-/t26-,31-,32-,33-,36?,37+,38?/m1/s1. The van der Waals surface area contributed by atoms with Crippen LogP contribution in [-0.2, 0) is 32.2 Å². The molecule has 3 aliphatic rings. The van der Waals surface area contributed by atoms with Gasteiger partial charge in [-0.05, 0) is 51.8 Å². The minimum atomic E-state index is -1.02. The predicted molar refractivity (Wildman–Crippen MR) is 185 cm³/mol. The Kier molecular flexibility index (Phi) is 10.2. The lowest BCUT2D eigenvalue weighted by Crippen LogP contribution is -2.59. The quantitative estimate of drug-likeness (QED) is 0.269. The van der Waals surface area contributed by atoms with Crippen LogP contribution in [-0.4, -0.2) is 52.9 Å². The first kappa shape index (κ1) is 34.4. The Hall–Kier alpha value is -2.93. The number of hydrogen-bond acceptors (Lipinski definition) is 7. The minimum Gasteiger partial charge on any atom is -0.375 e. The number of nitrogens with one attached hydrogen (secondary N) is 1. The van der Waals surface area contributed by atoms with Crippen LogP contribution >= 0.6 is 12.2 Å². The molecule has 2 saturated heterocycles. The number of nitrogens with zero attached hydrogens (tertiary/aromatic N) is 2. The Morgan fingerprint density at radius 2 is 1.57 bits per heavy atom. The van der Waals surface area contributed by atoms with E-state index in [9.17, 15) is 5.26 Å². The lowest BCUT2D eigenvalue weighted by Gasteiger charge is -2.49. The van der Waals surface area contributed by atoms with Gasteiger partial charge in [0.1, 0.15) is 0 Å². The number of ether oxygens (including phenoxy) is 4. The van der Waals surface area contributed by atoms with E-state index in [0.717, 1.165) is 33.9 Å². The van der Waals surface area contributed by atoms with Gasteiger partial charge in [-0.15, -0.1) is 0 Å². The number of rotatable bonds is 10. The van der Waals surface area contributed by atoms with Crippen molar-refractivity contribution in [2.45, 2.75) is 116 Å². The molecule has 2 aromatic rings. The third-order valence-corrected chi connectivity index (χ3v) is 10.3. The van der Waals surface area contributed by atoms with Gasteiger partial charge in [0.2, 0.25) is 0 Å². The Morgan fingerprint density at radius 1 is 0.978 bits per heavy atom. The highest BCUT2D eigenvalue weighted by Crippen LogP contribution is 2.51. The van der Waals surface area contributed by atoms with E-state index in [1.165, 1.54) is 0 Å². The summed E-state index contributed by atoms with van der Waals surface area (Å²) in [6, 6.07) is 22.9. The molecule has 0 bridgehead atoms. The highest BCUT2D eigenvalue weighted by Gasteiger charge is 2.59. The van der Waals surface area contributed by atoms with E-state index < -0.39 is 11.0 Å². The average Bonchev–Trinajstić information content (AvgIpc) is 3.45. The van der Waals surface area contributed by atoms with Crippen LogP contribution in [0.25, 0.3) is 0 Å². The van der Waals surface area contributed by atoms with Gasteiger partial charge in [0.15, 0.2) is 5.54 Å². The van der Waals surface area contributed by atoms with E-state index in [2.05, 4.69) is 83.3 Å². The van der Waals surface area contributed by atoms with Crippen molar-refractivity contribution >= 4 is 22.9 Å². The first-order valence-corrected chi connectivity index (χ1v) is 16.8. The van der Waals surface area contributed by atoms with Crippen molar-refractivity contribution in [2.75, 3.05) is 6.61 Å². The Morgan fingerprint density at radius 3 is 2.13 bits per heavy atom. The van der Waals surface area contributed by atoms with Gasteiger partial charge in [-0.25, -0.2) is 0 Å². The van der Waals surface area contributed by atoms with Crippen LogP contribution in [0, 0.1) is 22.2 Å². The first-order valence-electron chi connectivity index (χ1n) is 16.4. The minimum absolute atomic E-state index is 0.158. The highest BCUT2D eigenvalue weighted by molar-refractivity contribution is 7.80. The summed E-state index contributed by atoms with van der Waals surface area (Å²) >= 11 is 5.76. The summed E-state index contributed by atoms with van der Waals surface area (Å²) in [4.78, 5) is 5.83. The molecule has 8 heteroatoms. The number of allylic oxidation sites excluding steroid dienone is 2. The van der Waals surface area contributed by atoms with Gasteiger partial charge in [0, 0.05) is 41.5 Å². The van der Waals surface area contributed by atoms with E-state index >= 15 is 0 Å². The molecular formula is C38H49N3O4S. The summed E-state index contributed by atoms with van der Waals surface area (Å²) < 4.78 is 26.1. The van der Waals surface area contributed by atoms with Gasteiger partial charge in [0.25, 0.3) is 0 Å². The van der Waals surface area contributed by atoms with Crippen molar-refractivity contribution in [3.05, 3.63) is 83.6 Å². The van der Waals surface area contributed by atoms with Crippen LogP contribution in [0.5, 0.6) is 0 Å². The van der Waals surface area contributed by atoms with Gasteiger partial charge in [-0.1, -0.05) is 86.7 Å². The molecule has 2 fully saturated rings. The molecule has 0 aromatic heterocycles. The molecule has 0 aliphatic carbocycles. The van der Waals surface area contributed by atoms with Gasteiger partial charge < -0.3 is 24.3 Å². The molecule has 2 unspecified atom stereocenters. The van der Waals surface area contributed by atoms with Crippen LogP contribution in [0.2, 0.25) is 0 Å². The second kappa shape index (κ2) is 13.7. The molecule has 3 aliphatic heterocycles. The lowest BCUT2D eigenvalue weighted by molar-refractivity contribution is -0.230. The zero-order valence-corrected chi connectivity index (χ0v) is 29.2. The largest absolute Gasteiger partial charge is 0.375 e. The fraction of sp³-hybridized carbons (Fsp3) is 0.553. The molecule has 7 nitrogen and oxygen atoms in total. The van der Waals surface area contributed by atoms with Crippen molar-refractivity contribution in [2.24, 2.45) is 15.8 Å². The Labute approximate surface area is 280 Å². The fourth-order valence-corrected chi connectivity index (χ4v) is 6.93. The summed E-state index contributed by atoms with van der Waals surface area (Å²) in [5, 5.41) is 14.0. The van der Waals surface area contributed by atoms with Crippen LogP contribution < -0.4 is 5.32 Å². The monoisotopic (exact) mass is 643 g/mol. The van der Waals surface area contributed by atoms with Crippen LogP contribution in [0.4, 0.5) is 0 Å². The molecule has 0 radical (unpaired) electrons. The van der Waals surface area contributed by atoms with E-state index in [1.54, 1.807) is 0 Å². The number of benzene rings is 2. The maximum atomic E-state index is 10.6. The van der Waals surface area contributed by atoms with Gasteiger partial charge in [-0.3, -0.25) is 4.99 Å². The number of nitriles is 1. The summed E-state index contributed by atoms with van der Waals surface area (Å²) in [6.07, 6.45) is 3.00. The maximum absolute atomic E-state index is 10.6. The van der Waals surface area contributed by atoms with Crippen molar-refractivity contribution in [1.82, 2.24) is 5.32 Å². The summed E-state index contributed by atoms with van der Waals surface area (Å²) in [7, 11) is 0. The molecule has 46 heavy (non-hydrogen) atoms. The zero-order chi connectivity index (χ0) is 33.2. The second-order valence-corrected chi connectivity index (χ2v) is 15.2. The lowest BCUT2D eigenvalue weighted by atomic mass is 9.65. The molecule has 246 valence electrons. The number of thiocarbonyl (C=S) groups is 1. The number of hydrogen-bond donors (Lipinski definition) is 1. The third-order valence-electron chi connectivity index (χ3n) is 9.74. The number of aliphatic imine (C=N–C) groups is 1. The van der Waals surface area contributed by atoms with Crippen LogP contribution in [0.1, 0.15) is 78.9 Å². The van der Waals surface area contributed by atoms with Crippen LogP contribution in [0.3, 0.4) is 0 Å². The van der Waals surface area contributed by atoms with E-state index in [4.69, 9.17) is 36.2 Å². The van der Waals surface area contributed by atoms with Crippen molar-refractivity contribution in [3.8, 4) is 6.07 Å². The average molecular weight is 644 g/mol. The van der Waals surface area contributed by atoms with Gasteiger partial charge >= 0.3 is 0 Å². The topological polar surface area (TPSA) is 85.1 Å². The van der Waals surface area contributed by atoms with Crippen molar-refractivity contribution < 1.29 is 18.9 Å². The SMILES string of the molecule is C[C@H]1O[C@@H]([C@]2(C)CC(/C=C3/CC(C)(COC(C)(C)C)C(=S)N3)=NC2(C)C#N)[C@H](OCc2ccccc2)C[C@H]1OCc1ccccc1.